The number of hydrogen-bond donors (Lipinski definition) is 1. The molecule has 1 aromatic carbocycles. The Bertz CT molecular complexity index is 620. The van der Waals surface area contributed by atoms with Crippen molar-refractivity contribution in [1.82, 2.24) is 10.3 Å². The molecule has 0 spiro atoms. The van der Waals surface area contributed by atoms with Gasteiger partial charge in [-0.1, -0.05) is 29.8 Å². The van der Waals surface area contributed by atoms with E-state index in [1.807, 2.05) is 19.2 Å². The van der Waals surface area contributed by atoms with Crippen molar-refractivity contribution in [3.63, 3.8) is 0 Å². The molecule has 0 fully saturated rings. The van der Waals surface area contributed by atoms with Crippen molar-refractivity contribution >= 4 is 17.2 Å². The van der Waals surface area contributed by atoms with Crippen LogP contribution in [-0.2, 0) is 16.0 Å². The minimum absolute atomic E-state index is 0.00954. The van der Waals surface area contributed by atoms with Crippen LogP contribution < -0.4 is 5.32 Å². The predicted molar refractivity (Wildman–Crippen MR) is 94.7 cm³/mol. The van der Waals surface area contributed by atoms with Crippen molar-refractivity contribution in [2.24, 2.45) is 0 Å². The first-order valence-electron chi connectivity index (χ1n) is 7.94. The van der Waals surface area contributed by atoms with Crippen LogP contribution in [0.15, 0.2) is 29.6 Å². The summed E-state index contributed by atoms with van der Waals surface area (Å²) in [6, 6.07) is 8.27. The fourth-order valence-corrected chi connectivity index (χ4v) is 2.89. The van der Waals surface area contributed by atoms with Crippen molar-refractivity contribution in [2.45, 2.75) is 39.7 Å². The van der Waals surface area contributed by atoms with E-state index >= 15 is 0 Å². The molecule has 23 heavy (non-hydrogen) atoms. The van der Waals surface area contributed by atoms with Gasteiger partial charge in [0.1, 0.15) is 5.01 Å². The van der Waals surface area contributed by atoms with Crippen molar-refractivity contribution in [1.29, 1.82) is 0 Å². The number of hydrogen-bond acceptors (Lipinski definition) is 4. The first-order chi connectivity index (χ1) is 11.0. The van der Waals surface area contributed by atoms with E-state index < -0.39 is 0 Å². The van der Waals surface area contributed by atoms with Gasteiger partial charge in [-0.3, -0.25) is 4.79 Å². The number of rotatable bonds is 8. The zero-order chi connectivity index (χ0) is 16.7. The zero-order valence-electron chi connectivity index (χ0n) is 14.0. The second kappa shape index (κ2) is 8.79. The number of benzene rings is 1. The van der Waals surface area contributed by atoms with E-state index in [4.69, 9.17) is 4.74 Å². The number of amides is 1. The quantitative estimate of drug-likeness (QED) is 0.752. The van der Waals surface area contributed by atoms with Gasteiger partial charge < -0.3 is 10.1 Å². The molecule has 0 bridgehead atoms. The molecule has 0 aliphatic rings. The summed E-state index contributed by atoms with van der Waals surface area (Å²) in [5, 5.41) is 5.82. The van der Waals surface area contributed by atoms with Crippen LogP contribution in [0.1, 0.15) is 31.5 Å². The number of carbonyl (C=O) groups is 1. The minimum Gasteiger partial charge on any atom is -0.379 e. The summed E-state index contributed by atoms with van der Waals surface area (Å²) in [5.41, 5.74) is 3.14. The third-order valence-electron chi connectivity index (χ3n) is 3.29. The highest BCUT2D eigenvalue weighted by molar-refractivity contribution is 7.13. The number of nitrogens with one attached hydrogen (secondary N) is 1. The van der Waals surface area contributed by atoms with E-state index in [0.29, 0.717) is 19.6 Å². The van der Waals surface area contributed by atoms with E-state index in [-0.39, 0.29) is 12.0 Å². The van der Waals surface area contributed by atoms with Crippen LogP contribution in [0.3, 0.4) is 0 Å². The number of aromatic nitrogens is 1. The molecule has 0 unspecified atom stereocenters. The highest BCUT2D eigenvalue weighted by Gasteiger charge is 2.08. The zero-order valence-corrected chi connectivity index (χ0v) is 14.8. The van der Waals surface area contributed by atoms with E-state index in [0.717, 1.165) is 22.7 Å². The molecule has 124 valence electrons. The Kier molecular flexibility index (Phi) is 6.74. The SMILES string of the molecule is Cc1ccc(-c2nc(CC(=O)NCCCOC(C)C)cs2)cc1. The number of ether oxygens (including phenoxy) is 1. The Morgan fingerprint density at radius 1 is 1.30 bits per heavy atom. The third-order valence-corrected chi connectivity index (χ3v) is 4.23. The van der Waals surface area contributed by atoms with Crippen molar-refractivity contribution in [2.75, 3.05) is 13.2 Å². The van der Waals surface area contributed by atoms with Gasteiger partial charge in [0, 0.05) is 24.1 Å². The maximum Gasteiger partial charge on any atom is 0.226 e. The molecule has 0 atom stereocenters. The molecule has 0 saturated carbocycles. The molecule has 1 N–H and O–H groups in total. The Morgan fingerprint density at radius 3 is 2.74 bits per heavy atom. The molecule has 0 saturated heterocycles. The van der Waals surface area contributed by atoms with Gasteiger partial charge in [0.05, 0.1) is 18.2 Å². The molecule has 2 aromatic rings. The highest BCUT2D eigenvalue weighted by atomic mass is 32.1. The lowest BCUT2D eigenvalue weighted by Crippen LogP contribution is -2.27. The van der Waals surface area contributed by atoms with Gasteiger partial charge in [0.25, 0.3) is 0 Å². The predicted octanol–water partition coefficient (Wildman–Crippen LogP) is 3.59. The highest BCUT2D eigenvalue weighted by Crippen LogP contribution is 2.24. The summed E-state index contributed by atoms with van der Waals surface area (Å²) < 4.78 is 5.44. The monoisotopic (exact) mass is 332 g/mol. The summed E-state index contributed by atoms with van der Waals surface area (Å²) in [6.07, 6.45) is 1.39. The standard InChI is InChI=1S/C18H24N2O2S/c1-13(2)22-10-4-9-19-17(21)11-16-12-23-18(20-16)15-7-5-14(3)6-8-15/h5-8,12-13H,4,9-11H2,1-3H3,(H,19,21). The summed E-state index contributed by atoms with van der Waals surface area (Å²) >= 11 is 1.57. The van der Waals surface area contributed by atoms with Crippen molar-refractivity contribution < 1.29 is 9.53 Å². The van der Waals surface area contributed by atoms with Gasteiger partial charge >= 0.3 is 0 Å². The molecule has 5 heteroatoms. The molecule has 0 aliphatic heterocycles. The maximum atomic E-state index is 11.9. The van der Waals surface area contributed by atoms with E-state index in [9.17, 15) is 4.79 Å². The van der Waals surface area contributed by atoms with Gasteiger partial charge in [-0.15, -0.1) is 11.3 Å². The molecular formula is C18H24N2O2S. The maximum absolute atomic E-state index is 11.9. The minimum atomic E-state index is 0.00954. The summed E-state index contributed by atoms with van der Waals surface area (Å²) in [6.45, 7) is 7.39. The van der Waals surface area contributed by atoms with Crippen LogP contribution in [0, 0.1) is 6.92 Å². The fraction of sp³-hybridized carbons (Fsp3) is 0.444. The van der Waals surface area contributed by atoms with E-state index in [2.05, 4.69) is 41.5 Å². The Balaban J connectivity index is 1.77. The van der Waals surface area contributed by atoms with Crippen molar-refractivity contribution in [3.8, 4) is 10.6 Å². The molecule has 1 aromatic heterocycles. The lowest BCUT2D eigenvalue weighted by atomic mass is 10.2. The van der Waals surface area contributed by atoms with Crippen LogP contribution in [0.25, 0.3) is 10.6 Å². The number of nitrogens with zero attached hydrogens (tertiary/aromatic N) is 1. The molecule has 1 heterocycles. The average Bonchev–Trinajstić information content (AvgIpc) is 2.95. The van der Waals surface area contributed by atoms with Crippen LogP contribution >= 0.6 is 11.3 Å². The van der Waals surface area contributed by atoms with Gasteiger partial charge in [0.15, 0.2) is 0 Å². The fourth-order valence-electron chi connectivity index (χ4n) is 2.06. The first-order valence-corrected chi connectivity index (χ1v) is 8.82. The lowest BCUT2D eigenvalue weighted by Gasteiger charge is -2.07. The smallest absolute Gasteiger partial charge is 0.226 e. The summed E-state index contributed by atoms with van der Waals surface area (Å²) in [7, 11) is 0. The van der Waals surface area contributed by atoms with Crippen LogP contribution in [0.2, 0.25) is 0 Å². The van der Waals surface area contributed by atoms with Gasteiger partial charge in [-0.05, 0) is 27.2 Å². The van der Waals surface area contributed by atoms with Crippen LogP contribution in [-0.4, -0.2) is 30.1 Å². The van der Waals surface area contributed by atoms with Gasteiger partial charge in [0.2, 0.25) is 5.91 Å². The molecule has 1 amide bonds. The Hall–Kier alpha value is -1.72. The number of thiazole rings is 1. The first kappa shape index (κ1) is 17.6. The Morgan fingerprint density at radius 2 is 2.04 bits per heavy atom. The largest absolute Gasteiger partial charge is 0.379 e. The third kappa shape index (κ3) is 6.12. The van der Waals surface area contributed by atoms with E-state index in [1.54, 1.807) is 11.3 Å². The second-order valence-corrected chi connectivity index (χ2v) is 6.67. The molecule has 4 nitrogen and oxygen atoms in total. The Labute approximate surface area is 141 Å². The van der Waals surface area contributed by atoms with Crippen LogP contribution in [0.4, 0.5) is 0 Å². The van der Waals surface area contributed by atoms with Gasteiger partial charge in [-0.2, -0.15) is 0 Å². The van der Waals surface area contributed by atoms with E-state index in [1.165, 1.54) is 5.56 Å². The topological polar surface area (TPSA) is 51.2 Å². The summed E-state index contributed by atoms with van der Waals surface area (Å²) in [4.78, 5) is 16.5. The average molecular weight is 332 g/mol. The summed E-state index contributed by atoms with van der Waals surface area (Å²) in [5.74, 6) is 0.00954. The van der Waals surface area contributed by atoms with Crippen LogP contribution in [0.5, 0.6) is 0 Å². The van der Waals surface area contributed by atoms with Gasteiger partial charge in [-0.25, -0.2) is 4.98 Å². The lowest BCUT2D eigenvalue weighted by molar-refractivity contribution is -0.120. The van der Waals surface area contributed by atoms with Crippen molar-refractivity contribution in [3.05, 3.63) is 40.9 Å². The second-order valence-electron chi connectivity index (χ2n) is 5.81. The molecule has 0 radical (unpaired) electrons. The number of carbonyl (C=O) groups excluding carboxylic acids is 1. The molecule has 2 rings (SSSR count). The number of aryl methyl sites for hydroxylation is 1. The normalized spacial score (nSPS) is 11.0. The molecule has 0 aliphatic carbocycles. The molecular weight excluding hydrogens is 308 g/mol.